The first-order chi connectivity index (χ1) is 9.69. The van der Waals surface area contributed by atoms with Crippen LogP contribution in [0.5, 0.6) is 0 Å². The summed E-state index contributed by atoms with van der Waals surface area (Å²) in [7, 11) is 0. The van der Waals surface area contributed by atoms with Crippen LogP contribution in [0.25, 0.3) is 0 Å². The van der Waals surface area contributed by atoms with Crippen molar-refractivity contribution in [2.24, 2.45) is 0 Å². The molecule has 0 aromatic heterocycles. The maximum absolute atomic E-state index is 5.88. The Hall–Kier alpha value is -1.80. The van der Waals surface area contributed by atoms with Crippen LogP contribution in [0.4, 0.5) is 5.69 Å². The minimum Gasteiger partial charge on any atom is -0.399 e. The Morgan fingerprint density at radius 2 is 1.60 bits per heavy atom. The summed E-state index contributed by atoms with van der Waals surface area (Å²) in [5.74, 6) is 0. The van der Waals surface area contributed by atoms with Crippen LogP contribution in [-0.2, 0) is 13.1 Å². The van der Waals surface area contributed by atoms with Crippen molar-refractivity contribution in [3.8, 4) is 0 Å². The molecule has 1 unspecified atom stereocenters. The largest absolute Gasteiger partial charge is 0.399 e. The maximum Gasteiger partial charge on any atom is 0.0317 e. The van der Waals surface area contributed by atoms with Gasteiger partial charge in [0.05, 0.1) is 0 Å². The van der Waals surface area contributed by atoms with Gasteiger partial charge in [0, 0.05) is 24.8 Å². The lowest BCUT2D eigenvalue weighted by Gasteiger charge is -2.28. The molecule has 2 N–H and O–H groups in total. The van der Waals surface area contributed by atoms with Crippen molar-refractivity contribution in [3.05, 3.63) is 65.7 Å². The minimum absolute atomic E-state index is 0.552. The number of nitrogen functional groups attached to an aromatic ring is 1. The molecule has 106 valence electrons. The molecule has 0 radical (unpaired) electrons. The summed E-state index contributed by atoms with van der Waals surface area (Å²) in [5.41, 5.74) is 9.35. The Kier molecular flexibility index (Phi) is 5.19. The summed E-state index contributed by atoms with van der Waals surface area (Å²) in [6, 6.07) is 19.4. The predicted octanol–water partition coefficient (Wildman–Crippen LogP) is 4.07. The molecule has 20 heavy (non-hydrogen) atoms. The van der Waals surface area contributed by atoms with Gasteiger partial charge >= 0.3 is 0 Å². The first-order valence-corrected chi connectivity index (χ1v) is 7.31. The van der Waals surface area contributed by atoms with Crippen LogP contribution in [0, 0.1) is 0 Å². The summed E-state index contributed by atoms with van der Waals surface area (Å²) in [4.78, 5) is 2.50. The van der Waals surface area contributed by atoms with Crippen molar-refractivity contribution < 1.29 is 0 Å². The first-order valence-electron chi connectivity index (χ1n) is 7.31. The maximum atomic E-state index is 5.88. The molecule has 0 amide bonds. The molecule has 2 aromatic rings. The number of nitrogens with zero attached hydrogens (tertiary/aromatic N) is 1. The Labute approximate surface area is 122 Å². The molecule has 1 atom stereocenters. The highest BCUT2D eigenvalue weighted by atomic mass is 15.1. The molecule has 2 heteroatoms. The van der Waals surface area contributed by atoms with Gasteiger partial charge in [-0.05, 0) is 36.6 Å². The van der Waals surface area contributed by atoms with Crippen molar-refractivity contribution in [1.82, 2.24) is 4.90 Å². The third-order valence-corrected chi connectivity index (χ3v) is 3.78. The van der Waals surface area contributed by atoms with Crippen molar-refractivity contribution in [3.63, 3.8) is 0 Å². The lowest BCUT2D eigenvalue weighted by molar-refractivity contribution is 0.186. The number of benzene rings is 2. The quantitative estimate of drug-likeness (QED) is 0.800. The molecular weight excluding hydrogens is 244 g/mol. The van der Waals surface area contributed by atoms with Gasteiger partial charge in [-0.15, -0.1) is 0 Å². The van der Waals surface area contributed by atoms with Crippen molar-refractivity contribution in [1.29, 1.82) is 0 Å². The molecule has 0 fully saturated rings. The Balaban J connectivity index is 2.11. The second-order valence-corrected chi connectivity index (χ2v) is 5.39. The molecule has 0 aliphatic carbocycles. The van der Waals surface area contributed by atoms with Gasteiger partial charge in [-0.3, -0.25) is 4.90 Å². The van der Waals surface area contributed by atoms with Gasteiger partial charge in [0.25, 0.3) is 0 Å². The van der Waals surface area contributed by atoms with Gasteiger partial charge < -0.3 is 5.73 Å². The van der Waals surface area contributed by atoms with E-state index in [1.54, 1.807) is 0 Å². The molecule has 0 saturated heterocycles. The van der Waals surface area contributed by atoms with E-state index >= 15 is 0 Å². The van der Waals surface area contributed by atoms with E-state index in [0.717, 1.165) is 25.2 Å². The summed E-state index contributed by atoms with van der Waals surface area (Å²) in [6.07, 6.45) is 1.15. The van der Waals surface area contributed by atoms with Gasteiger partial charge in [0.15, 0.2) is 0 Å². The van der Waals surface area contributed by atoms with Crippen LogP contribution in [-0.4, -0.2) is 10.9 Å². The molecule has 0 aliphatic heterocycles. The summed E-state index contributed by atoms with van der Waals surface area (Å²) >= 11 is 0. The lowest BCUT2D eigenvalue weighted by atomic mass is 10.1. The van der Waals surface area contributed by atoms with E-state index in [9.17, 15) is 0 Å². The zero-order chi connectivity index (χ0) is 14.4. The second kappa shape index (κ2) is 7.11. The molecule has 2 rings (SSSR count). The Morgan fingerprint density at radius 1 is 0.950 bits per heavy atom. The summed E-state index contributed by atoms with van der Waals surface area (Å²) in [6.45, 7) is 6.44. The molecular formula is C18H24N2. The van der Waals surface area contributed by atoms with E-state index in [-0.39, 0.29) is 0 Å². The fourth-order valence-electron chi connectivity index (χ4n) is 2.37. The topological polar surface area (TPSA) is 29.3 Å². The van der Waals surface area contributed by atoms with Gasteiger partial charge in [-0.25, -0.2) is 0 Å². The van der Waals surface area contributed by atoms with Crippen LogP contribution >= 0.6 is 0 Å². The highest BCUT2D eigenvalue weighted by Crippen LogP contribution is 2.16. The van der Waals surface area contributed by atoms with Crippen molar-refractivity contribution >= 4 is 5.69 Å². The fourth-order valence-corrected chi connectivity index (χ4v) is 2.37. The monoisotopic (exact) mass is 268 g/mol. The van der Waals surface area contributed by atoms with E-state index in [1.165, 1.54) is 11.1 Å². The van der Waals surface area contributed by atoms with Gasteiger partial charge in [-0.2, -0.15) is 0 Å². The zero-order valence-electron chi connectivity index (χ0n) is 12.4. The van der Waals surface area contributed by atoms with Crippen molar-refractivity contribution in [2.75, 3.05) is 5.73 Å². The number of rotatable bonds is 6. The molecule has 0 saturated carbocycles. The highest BCUT2D eigenvalue weighted by Gasteiger charge is 2.13. The fraction of sp³-hybridized carbons (Fsp3) is 0.333. The van der Waals surface area contributed by atoms with Gasteiger partial charge in [-0.1, -0.05) is 49.4 Å². The second-order valence-electron chi connectivity index (χ2n) is 5.39. The number of hydrogen-bond donors (Lipinski definition) is 1. The Morgan fingerprint density at radius 3 is 2.25 bits per heavy atom. The molecule has 2 nitrogen and oxygen atoms in total. The highest BCUT2D eigenvalue weighted by molar-refractivity contribution is 5.40. The van der Waals surface area contributed by atoms with Gasteiger partial charge in [0.2, 0.25) is 0 Å². The smallest absolute Gasteiger partial charge is 0.0317 e. The predicted molar refractivity (Wildman–Crippen MR) is 86.3 cm³/mol. The molecule has 0 spiro atoms. The lowest BCUT2D eigenvalue weighted by Crippen LogP contribution is -2.31. The van der Waals surface area contributed by atoms with E-state index < -0.39 is 0 Å². The molecule has 2 aromatic carbocycles. The number of hydrogen-bond acceptors (Lipinski definition) is 2. The van der Waals surface area contributed by atoms with Crippen LogP contribution in [0.2, 0.25) is 0 Å². The van der Waals surface area contributed by atoms with Crippen LogP contribution in [0.1, 0.15) is 31.4 Å². The van der Waals surface area contributed by atoms with Crippen LogP contribution in [0.15, 0.2) is 54.6 Å². The summed E-state index contributed by atoms with van der Waals surface area (Å²) in [5, 5.41) is 0. The first kappa shape index (κ1) is 14.6. The SMILES string of the molecule is CCC(C)N(Cc1ccccc1)Cc1cccc(N)c1. The third-order valence-electron chi connectivity index (χ3n) is 3.78. The zero-order valence-corrected chi connectivity index (χ0v) is 12.4. The van der Waals surface area contributed by atoms with Crippen molar-refractivity contribution in [2.45, 2.75) is 39.4 Å². The van der Waals surface area contributed by atoms with E-state index in [2.05, 4.69) is 61.2 Å². The van der Waals surface area contributed by atoms with Gasteiger partial charge in [0.1, 0.15) is 0 Å². The van der Waals surface area contributed by atoms with E-state index in [4.69, 9.17) is 5.73 Å². The summed E-state index contributed by atoms with van der Waals surface area (Å²) < 4.78 is 0. The van der Waals surface area contributed by atoms with Crippen LogP contribution in [0.3, 0.4) is 0 Å². The average molecular weight is 268 g/mol. The standard InChI is InChI=1S/C18H24N2/c1-3-15(2)20(13-16-8-5-4-6-9-16)14-17-10-7-11-18(19)12-17/h4-12,15H,3,13-14,19H2,1-2H3. The molecule has 0 bridgehead atoms. The minimum atomic E-state index is 0.552. The number of nitrogens with two attached hydrogens (primary N) is 1. The van der Waals surface area contributed by atoms with E-state index in [1.807, 2.05) is 12.1 Å². The third kappa shape index (κ3) is 4.10. The van der Waals surface area contributed by atoms with E-state index in [0.29, 0.717) is 6.04 Å². The molecule has 0 heterocycles. The van der Waals surface area contributed by atoms with Crippen LogP contribution < -0.4 is 5.73 Å². The Bertz CT molecular complexity index is 522. The normalized spacial score (nSPS) is 12.6. The molecule has 0 aliphatic rings. The number of anilines is 1. The average Bonchev–Trinajstić information content (AvgIpc) is 2.47.